The van der Waals surface area contributed by atoms with Crippen LogP contribution in [0, 0.1) is 5.82 Å². The molecule has 0 aliphatic rings. The predicted molar refractivity (Wildman–Crippen MR) is 88.9 cm³/mol. The second kappa shape index (κ2) is 7.27. The van der Waals surface area contributed by atoms with Crippen molar-refractivity contribution in [2.75, 3.05) is 0 Å². The smallest absolute Gasteiger partial charge is 0.224 e. The highest BCUT2D eigenvalue weighted by molar-refractivity contribution is 6.30. The molecule has 4 nitrogen and oxygen atoms in total. The van der Waals surface area contributed by atoms with Gasteiger partial charge in [-0.1, -0.05) is 28.9 Å². The first-order chi connectivity index (χ1) is 11.6. The summed E-state index contributed by atoms with van der Waals surface area (Å²) in [6, 6.07) is 14.8. The van der Waals surface area contributed by atoms with Crippen LogP contribution in [0.4, 0.5) is 4.39 Å². The van der Waals surface area contributed by atoms with Crippen LogP contribution in [0.3, 0.4) is 0 Å². The van der Waals surface area contributed by atoms with E-state index in [0.29, 0.717) is 16.5 Å². The lowest BCUT2D eigenvalue weighted by Crippen LogP contribution is -2.24. The molecule has 6 heteroatoms. The van der Waals surface area contributed by atoms with Gasteiger partial charge in [-0.25, -0.2) is 4.39 Å². The lowest BCUT2D eigenvalue weighted by atomic mass is 10.1. The highest BCUT2D eigenvalue weighted by Crippen LogP contribution is 2.20. The standard InChI is InChI=1S/C18H14ClFN2O2/c19-14-5-1-12(2-6-14)9-18(23)21-11-16-10-17(24-22-16)13-3-7-15(20)8-4-13/h1-8,10H,9,11H2,(H,21,23). The normalized spacial score (nSPS) is 10.6. The topological polar surface area (TPSA) is 55.1 Å². The van der Waals surface area contributed by atoms with Crippen LogP contribution in [0.2, 0.25) is 5.02 Å². The molecule has 0 aliphatic carbocycles. The van der Waals surface area contributed by atoms with E-state index in [0.717, 1.165) is 11.1 Å². The Bertz CT molecular complexity index is 829. The summed E-state index contributed by atoms with van der Waals surface area (Å²) in [4.78, 5) is 11.9. The summed E-state index contributed by atoms with van der Waals surface area (Å²) in [7, 11) is 0. The number of nitrogens with zero attached hydrogens (tertiary/aromatic N) is 1. The summed E-state index contributed by atoms with van der Waals surface area (Å²) >= 11 is 5.81. The van der Waals surface area contributed by atoms with E-state index in [2.05, 4.69) is 10.5 Å². The Hall–Kier alpha value is -2.66. The van der Waals surface area contributed by atoms with E-state index in [-0.39, 0.29) is 24.7 Å². The predicted octanol–water partition coefficient (Wildman–Crippen LogP) is 3.99. The molecule has 122 valence electrons. The third kappa shape index (κ3) is 4.20. The zero-order valence-electron chi connectivity index (χ0n) is 12.6. The molecule has 2 aromatic carbocycles. The Kier molecular flexibility index (Phi) is 4.91. The maximum absolute atomic E-state index is 12.9. The molecule has 3 aromatic rings. The quantitative estimate of drug-likeness (QED) is 0.761. The van der Waals surface area contributed by atoms with E-state index < -0.39 is 0 Å². The SMILES string of the molecule is O=C(Cc1ccc(Cl)cc1)NCc1cc(-c2ccc(F)cc2)on1. The fourth-order valence-corrected chi connectivity index (χ4v) is 2.31. The zero-order chi connectivity index (χ0) is 16.9. The number of amides is 1. The molecular weight excluding hydrogens is 331 g/mol. The Morgan fingerprint density at radius 2 is 1.83 bits per heavy atom. The highest BCUT2D eigenvalue weighted by Gasteiger charge is 2.09. The van der Waals surface area contributed by atoms with Gasteiger partial charge in [-0.15, -0.1) is 0 Å². The van der Waals surface area contributed by atoms with E-state index in [1.54, 1.807) is 30.3 Å². The number of halogens is 2. The Morgan fingerprint density at radius 1 is 1.12 bits per heavy atom. The second-order valence-electron chi connectivity index (χ2n) is 5.27. The average molecular weight is 345 g/mol. The van der Waals surface area contributed by atoms with Crippen molar-refractivity contribution in [3.63, 3.8) is 0 Å². The summed E-state index contributed by atoms with van der Waals surface area (Å²) in [5.74, 6) is 0.0913. The molecule has 1 heterocycles. The zero-order valence-corrected chi connectivity index (χ0v) is 13.4. The molecule has 0 aliphatic heterocycles. The minimum Gasteiger partial charge on any atom is -0.356 e. The molecule has 1 aromatic heterocycles. The van der Waals surface area contributed by atoms with Crippen LogP contribution in [-0.4, -0.2) is 11.1 Å². The minimum absolute atomic E-state index is 0.122. The Labute approximate surface area is 143 Å². The first-order valence-corrected chi connectivity index (χ1v) is 7.70. The summed E-state index contributed by atoms with van der Waals surface area (Å²) in [6.45, 7) is 0.261. The van der Waals surface area contributed by atoms with Gasteiger partial charge in [0.1, 0.15) is 11.5 Å². The van der Waals surface area contributed by atoms with E-state index in [4.69, 9.17) is 16.1 Å². The number of carbonyl (C=O) groups excluding carboxylic acids is 1. The number of rotatable bonds is 5. The maximum atomic E-state index is 12.9. The van der Waals surface area contributed by atoms with Gasteiger partial charge in [-0.05, 0) is 42.0 Å². The fourth-order valence-electron chi connectivity index (χ4n) is 2.18. The number of benzene rings is 2. The van der Waals surface area contributed by atoms with Crippen molar-refractivity contribution in [3.05, 3.63) is 76.7 Å². The Morgan fingerprint density at radius 3 is 2.54 bits per heavy atom. The van der Waals surface area contributed by atoms with E-state index >= 15 is 0 Å². The molecule has 3 rings (SSSR count). The van der Waals surface area contributed by atoms with Crippen LogP contribution >= 0.6 is 11.6 Å². The maximum Gasteiger partial charge on any atom is 0.224 e. The summed E-state index contributed by atoms with van der Waals surface area (Å²) in [5.41, 5.74) is 2.20. The molecule has 0 fully saturated rings. The number of carbonyl (C=O) groups is 1. The largest absolute Gasteiger partial charge is 0.356 e. The highest BCUT2D eigenvalue weighted by atomic mass is 35.5. The van der Waals surface area contributed by atoms with Crippen molar-refractivity contribution in [2.24, 2.45) is 0 Å². The second-order valence-corrected chi connectivity index (χ2v) is 5.71. The molecule has 0 unspecified atom stereocenters. The molecule has 0 saturated carbocycles. The van der Waals surface area contributed by atoms with Gasteiger partial charge in [0.05, 0.1) is 13.0 Å². The molecular formula is C18H14ClFN2O2. The minimum atomic E-state index is -0.312. The van der Waals surface area contributed by atoms with Gasteiger partial charge >= 0.3 is 0 Å². The van der Waals surface area contributed by atoms with Crippen LogP contribution in [-0.2, 0) is 17.8 Å². The first kappa shape index (κ1) is 16.2. The monoisotopic (exact) mass is 344 g/mol. The van der Waals surface area contributed by atoms with Crippen LogP contribution in [0.5, 0.6) is 0 Å². The van der Waals surface area contributed by atoms with Gasteiger partial charge in [0.2, 0.25) is 5.91 Å². The van der Waals surface area contributed by atoms with Crippen LogP contribution in [0.1, 0.15) is 11.3 Å². The molecule has 1 amide bonds. The van der Waals surface area contributed by atoms with Gasteiger partial charge < -0.3 is 9.84 Å². The van der Waals surface area contributed by atoms with Gasteiger partial charge in [0.25, 0.3) is 0 Å². The summed E-state index contributed by atoms with van der Waals surface area (Å²) in [6.07, 6.45) is 0.264. The average Bonchev–Trinajstić information content (AvgIpc) is 3.05. The molecule has 0 saturated heterocycles. The van der Waals surface area contributed by atoms with Crippen molar-refractivity contribution in [1.82, 2.24) is 10.5 Å². The van der Waals surface area contributed by atoms with Crippen LogP contribution in [0.25, 0.3) is 11.3 Å². The van der Waals surface area contributed by atoms with Crippen molar-refractivity contribution in [1.29, 1.82) is 0 Å². The Balaban J connectivity index is 1.56. The van der Waals surface area contributed by atoms with E-state index in [1.165, 1.54) is 12.1 Å². The van der Waals surface area contributed by atoms with Gasteiger partial charge in [0, 0.05) is 16.7 Å². The number of aromatic nitrogens is 1. The molecule has 1 N–H and O–H groups in total. The molecule has 0 spiro atoms. The molecule has 0 atom stereocenters. The van der Waals surface area contributed by atoms with Crippen molar-refractivity contribution in [2.45, 2.75) is 13.0 Å². The summed E-state index contributed by atoms with van der Waals surface area (Å²) in [5, 5.41) is 7.32. The van der Waals surface area contributed by atoms with Crippen molar-refractivity contribution < 1.29 is 13.7 Å². The molecule has 0 radical (unpaired) electrons. The fraction of sp³-hybridized carbons (Fsp3) is 0.111. The number of hydrogen-bond acceptors (Lipinski definition) is 3. The molecule has 24 heavy (non-hydrogen) atoms. The first-order valence-electron chi connectivity index (χ1n) is 7.33. The summed E-state index contributed by atoms with van der Waals surface area (Å²) < 4.78 is 18.1. The van der Waals surface area contributed by atoms with Crippen LogP contribution in [0.15, 0.2) is 59.1 Å². The third-order valence-corrected chi connectivity index (χ3v) is 3.68. The van der Waals surface area contributed by atoms with Gasteiger partial charge in [-0.3, -0.25) is 4.79 Å². The van der Waals surface area contributed by atoms with E-state index in [9.17, 15) is 9.18 Å². The lowest BCUT2D eigenvalue weighted by Gasteiger charge is -2.03. The van der Waals surface area contributed by atoms with Gasteiger partial charge in [-0.2, -0.15) is 0 Å². The van der Waals surface area contributed by atoms with Crippen molar-refractivity contribution >= 4 is 17.5 Å². The third-order valence-electron chi connectivity index (χ3n) is 3.43. The number of nitrogens with one attached hydrogen (secondary N) is 1. The molecule has 0 bridgehead atoms. The number of hydrogen-bond donors (Lipinski definition) is 1. The lowest BCUT2D eigenvalue weighted by molar-refractivity contribution is -0.120. The van der Waals surface area contributed by atoms with Crippen LogP contribution < -0.4 is 5.32 Å². The van der Waals surface area contributed by atoms with Gasteiger partial charge in [0.15, 0.2) is 5.76 Å². The van der Waals surface area contributed by atoms with E-state index in [1.807, 2.05) is 12.1 Å². The van der Waals surface area contributed by atoms with Crippen molar-refractivity contribution in [3.8, 4) is 11.3 Å².